The molecule has 4 nitrogen and oxygen atoms in total. The molecule has 1 aromatic heterocycles. The van der Waals surface area contributed by atoms with Crippen molar-refractivity contribution in [3.63, 3.8) is 0 Å². The minimum Gasteiger partial charge on any atom is -0.436 e. The van der Waals surface area contributed by atoms with Crippen LogP contribution in [-0.4, -0.2) is 17.0 Å². The highest BCUT2D eigenvalue weighted by atomic mass is 19.1. The van der Waals surface area contributed by atoms with Gasteiger partial charge in [-0.05, 0) is 12.1 Å². The van der Waals surface area contributed by atoms with Crippen molar-refractivity contribution in [1.82, 2.24) is 9.97 Å². The molecule has 0 fully saturated rings. The molecular formula is C15H18FN3O. The van der Waals surface area contributed by atoms with Gasteiger partial charge in [-0.25, -0.2) is 9.37 Å². The molecular weight excluding hydrogens is 257 g/mol. The fourth-order valence-electron chi connectivity index (χ4n) is 1.58. The molecule has 0 saturated carbocycles. The number of hydrogen-bond acceptors (Lipinski definition) is 4. The van der Waals surface area contributed by atoms with Crippen LogP contribution in [0.25, 0.3) is 0 Å². The van der Waals surface area contributed by atoms with Crippen LogP contribution in [0.5, 0.6) is 11.6 Å². The van der Waals surface area contributed by atoms with Gasteiger partial charge >= 0.3 is 0 Å². The molecule has 5 heteroatoms. The highest BCUT2D eigenvalue weighted by Gasteiger charge is 2.20. The molecule has 106 valence electrons. The molecule has 2 aromatic rings. The summed E-state index contributed by atoms with van der Waals surface area (Å²) in [6, 6.07) is 7.88. The maximum Gasteiger partial charge on any atom is 0.224 e. The second-order valence-electron chi connectivity index (χ2n) is 5.45. The zero-order valence-electron chi connectivity index (χ0n) is 12.1. The van der Waals surface area contributed by atoms with Gasteiger partial charge in [-0.15, -0.1) is 0 Å². The van der Waals surface area contributed by atoms with E-state index in [1.165, 1.54) is 6.07 Å². The standard InChI is InChI=1S/C15H18FN3O/c1-15(2,3)14-18-12(17-4)9-13(19-14)20-11-8-6-5-7-10(11)16/h5-9H,1-4H3,(H,17,18,19). The Morgan fingerprint density at radius 1 is 1.15 bits per heavy atom. The Morgan fingerprint density at radius 3 is 2.45 bits per heavy atom. The number of halogens is 1. The third-order valence-electron chi connectivity index (χ3n) is 2.68. The van der Waals surface area contributed by atoms with Crippen LogP contribution in [0.1, 0.15) is 26.6 Å². The van der Waals surface area contributed by atoms with Gasteiger partial charge in [0, 0.05) is 18.5 Å². The van der Waals surface area contributed by atoms with Crippen LogP contribution in [0.2, 0.25) is 0 Å². The van der Waals surface area contributed by atoms with Gasteiger partial charge in [-0.2, -0.15) is 4.98 Å². The smallest absolute Gasteiger partial charge is 0.224 e. The van der Waals surface area contributed by atoms with Gasteiger partial charge in [-0.3, -0.25) is 0 Å². The van der Waals surface area contributed by atoms with Gasteiger partial charge in [0.25, 0.3) is 0 Å². The van der Waals surface area contributed by atoms with E-state index in [1.807, 2.05) is 20.8 Å². The summed E-state index contributed by atoms with van der Waals surface area (Å²) in [7, 11) is 1.77. The minimum atomic E-state index is -0.422. The van der Waals surface area contributed by atoms with E-state index in [2.05, 4.69) is 15.3 Å². The first kappa shape index (κ1) is 14.2. The van der Waals surface area contributed by atoms with Gasteiger partial charge in [0.1, 0.15) is 11.6 Å². The monoisotopic (exact) mass is 275 g/mol. The summed E-state index contributed by atoms with van der Waals surface area (Å²) in [5, 5.41) is 2.96. The minimum absolute atomic E-state index is 0.146. The van der Waals surface area contributed by atoms with Crippen LogP contribution in [0, 0.1) is 5.82 Å². The topological polar surface area (TPSA) is 47.0 Å². The highest BCUT2D eigenvalue weighted by Crippen LogP contribution is 2.27. The molecule has 0 atom stereocenters. The summed E-state index contributed by atoms with van der Waals surface area (Å²) in [5.41, 5.74) is -0.222. The van der Waals surface area contributed by atoms with E-state index in [0.29, 0.717) is 17.5 Å². The van der Waals surface area contributed by atoms with E-state index in [9.17, 15) is 4.39 Å². The van der Waals surface area contributed by atoms with Gasteiger partial charge in [0.2, 0.25) is 5.88 Å². The third-order valence-corrected chi connectivity index (χ3v) is 2.68. The van der Waals surface area contributed by atoms with Crippen molar-refractivity contribution in [2.45, 2.75) is 26.2 Å². The fraction of sp³-hybridized carbons (Fsp3) is 0.333. The molecule has 1 N–H and O–H groups in total. The second kappa shape index (κ2) is 5.45. The van der Waals surface area contributed by atoms with E-state index in [4.69, 9.17) is 4.74 Å². The molecule has 2 rings (SSSR count). The van der Waals surface area contributed by atoms with Crippen molar-refractivity contribution in [1.29, 1.82) is 0 Å². The number of nitrogens with one attached hydrogen (secondary N) is 1. The summed E-state index contributed by atoms with van der Waals surface area (Å²) in [4.78, 5) is 8.74. The fourth-order valence-corrected chi connectivity index (χ4v) is 1.58. The second-order valence-corrected chi connectivity index (χ2v) is 5.45. The Morgan fingerprint density at radius 2 is 1.85 bits per heavy atom. The number of anilines is 1. The maximum absolute atomic E-state index is 13.6. The number of nitrogens with zero attached hydrogens (tertiary/aromatic N) is 2. The Hall–Kier alpha value is -2.17. The van der Waals surface area contributed by atoms with Crippen molar-refractivity contribution in [2.24, 2.45) is 0 Å². The molecule has 0 radical (unpaired) electrons. The molecule has 0 aliphatic heterocycles. The lowest BCUT2D eigenvalue weighted by Gasteiger charge is -2.18. The SMILES string of the molecule is CNc1cc(Oc2ccccc2F)nc(C(C)(C)C)n1. The molecule has 0 bridgehead atoms. The summed E-state index contributed by atoms with van der Waals surface area (Å²) < 4.78 is 19.1. The Labute approximate surface area is 118 Å². The molecule has 1 aromatic carbocycles. The van der Waals surface area contributed by atoms with Crippen molar-refractivity contribution < 1.29 is 9.13 Å². The molecule has 0 aliphatic rings. The van der Waals surface area contributed by atoms with Crippen LogP contribution >= 0.6 is 0 Å². The van der Waals surface area contributed by atoms with Crippen LogP contribution < -0.4 is 10.1 Å². The molecule has 0 aliphatic carbocycles. The quantitative estimate of drug-likeness (QED) is 0.926. The average Bonchev–Trinajstić information content (AvgIpc) is 2.40. The number of para-hydroxylation sites is 1. The van der Waals surface area contributed by atoms with E-state index < -0.39 is 5.82 Å². The zero-order valence-corrected chi connectivity index (χ0v) is 12.1. The Balaban J connectivity index is 2.39. The highest BCUT2D eigenvalue weighted by molar-refractivity contribution is 5.40. The van der Waals surface area contributed by atoms with Crippen molar-refractivity contribution in [3.8, 4) is 11.6 Å². The van der Waals surface area contributed by atoms with Gasteiger partial charge in [0.05, 0.1) is 0 Å². The van der Waals surface area contributed by atoms with E-state index in [0.717, 1.165) is 0 Å². The average molecular weight is 275 g/mol. The molecule has 0 saturated heterocycles. The van der Waals surface area contributed by atoms with Crippen LogP contribution in [0.15, 0.2) is 30.3 Å². The molecule has 1 heterocycles. The van der Waals surface area contributed by atoms with E-state index >= 15 is 0 Å². The summed E-state index contributed by atoms with van der Waals surface area (Å²) in [6.45, 7) is 6.03. The first-order valence-corrected chi connectivity index (χ1v) is 6.40. The lowest BCUT2D eigenvalue weighted by atomic mass is 9.96. The number of rotatable bonds is 3. The lowest BCUT2D eigenvalue weighted by Crippen LogP contribution is -2.17. The molecule has 20 heavy (non-hydrogen) atoms. The van der Waals surface area contributed by atoms with Crippen molar-refractivity contribution >= 4 is 5.82 Å². The summed E-state index contributed by atoms with van der Waals surface area (Å²) in [5.74, 6) is 1.31. The summed E-state index contributed by atoms with van der Waals surface area (Å²) in [6.07, 6.45) is 0. The predicted octanol–water partition coefficient (Wildman–Crippen LogP) is 3.75. The van der Waals surface area contributed by atoms with Gasteiger partial charge in [-0.1, -0.05) is 32.9 Å². The lowest BCUT2D eigenvalue weighted by molar-refractivity contribution is 0.418. The first-order chi connectivity index (χ1) is 9.40. The van der Waals surface area contributed by atoms with Crippen LogP contribution in [0.3, 0.4) is 0 Å². The third kappa shape index (κ3) is 3.23. The largest absolute Gasteiger partial charge is 0.436 e. The maximum atomic E-state index is 13.6. The van der Waals surface area contributed by atoms with Crippen molar-refractivity contribution in [3.05, 3.63) is 42.0 Å². The number of hydrogen-bond donors (Lipinski definition) is 1. The normalized spacial score (nSPS) is 11.2. The Kier molecular flexibility index (Phi) is 3.88. The van der Waals surface area contributed by atoms with Gasteiger partial charge < -0.3 is 10.1 Å². The zero-order chi connectivity index (χ0) is 14.8. The van der Waals surface area contributed by atoms with E-state index in [1.54, 1.807) is 31.3 Å². The van der Waals surface area contributed by atoms with Crippen molar-refractivity contribution in [2.75, 3.05) is 12.4 Å². The summed E-state index contributed by atoms with van der Waals surface area (Å²) >= 11 is 0. The number of benzene rings is 1. The van der Waals surface area contributed by atoms with E-state index in [-0.39, 0.29) is 11.2 Å². The number of aromatic nitrogens is 2. The molecule has 0 amide bonds. The number of ether oxygens (including phenoxy) is 1. The molecule has 0 unspecified atom stereocenters. The molecule has 0 spiro atoms. The first-order valence-electron chi connectivity index (χ1n) is 6.40. The Bertz CT molecular complexity index is 608. The predicted molar refractivity (Wildman–Crippen MR) is 76.8 cm³/mol. The van der Waals surface area contributed by atoms with Crippen LogP contribution in [-0.2, 0) is 5.41 Å². The van der Waals surface area contributed by atoms with Crippen LogP contribution in [0.4, 0.5) is 10.2 Å². The van der Waals surface area contributed by atoms with Gasteiger partial charge in [0.15, 0.2) is 11.6 Å².